The molecule has 0 spiro atoms. The van der Waals surface area contributed by atoms with Crippen LogP contribution in [0.5, 0.6) is 0 Å². The second-order valence-electron chi connectivity index (χ2n) is 3.40. The molecular formula is C10H11F4IO8. The van der Waals surface area contributed by atoms with E-state index in [-0.39, 0.29) is 0 Å². The first-order chi connectivity index (χ1) is 10.5. The van der Waals surface area contributed by atoms with E-state index in [1.165, 1.54) is 13.8 Å². The summed E-state index contributed by atoms with van der Waals surface area (Å²) in [7, 11) is 0. The van der Waals surface area contributed by atoms with E-state index < -0.39 is 71.0 Å². The first kappa shape index (κ1) is 21.3. The van der Waals surface area contributed by atoms with Gasteiger partial charge < -0.3 is 0 Å². The Bertz CT molecular complexity index is 439. The molecule has 0 bridgehead atoms. The van der Waals surface area contributed by atoms with E-state index in [9.17, 15) is 36.7 Å². The van der Waals surface area contributed by atoms with Gasteiger partial charge in [-0.2, -0.15) is 0 Å². The van der Waals surface area contributed by atoms with Gasteiger partial charge >= 0.3 is 137 Å². The van der Waals surface area contributed by atoms with Crippen molar-refractivity contribution in [2.75, 3.05) is 13.2 Å². The molecule has 0 unspecified atom stereocenters. The van der Waals surface area contributed by atoms with E-state index in [1.54, 1.807) is 0 Å². The topological polar surface area (TPSA) is 105 Å². The van der Waals surface area contributed by atoms with Gasteiger partial charge in [0.25, 0.3) is 0 Å². The Morgan fingerprint density at radius 3 is 1.30 bits per heavy atom. The molecule has 0 saturated heterocycles. The van der Waals surface area contributed by atoms with Crippen LogP contribution in [-0.4, -0.2) is 48.9 Å². The summed E-state index contributed by atoms with van der Waals surface area (Å²) in [6.45, 7) is 1.51. The van der Waals surface area contributed by atoms with Crippen molar-refractivity contribution in [3.63, 3.8) is 0 Å². The zero-order valence-electron chi connectivity index (χ0n) is 11.6. The molecule has 0 N–H and O–H groups in total. The first-order valence-corrected chi connectivity index (χ1v) is 7.62. The Hall–Kier alpha value is -1.67. The molecule has 0 heterocycles. The molecule has 0 aliphatic rings. The minimum absolute atomic E-state index is 0.445. The summed E-state index contributed by atoms with van der Waals surface area (Å²) in [5.74, 6) is -18.6. The monoisotopic (exact) mass is 462 g/mol. The SMILES string of the molecule is CCOC(=O)C(F)(F)C(=O)O[IH]OC(=O)C(F)(F)C(=O)OCC. The zero-order chi connectivity index (χ0) is 18.3. The number of hydrogen-bond acceptors (Lipinski definition) is 8. The fraction of sp³-hybridized carbons (Fsp3) is 0.600. The fourth-order valence-electron chi connectivity index (χ4n) is 0.794. The molecule has 0 atom stereocenters. The number of esters is 2. The number of alkyl halides is 4. The van der Waals surface area contributed by atoms with E-state index in [4.69, 9.17) is 0 Å². The molecular weight excluding hydrogens is 451 g/mol. The molecule has 0 aliphatic carbocycles. The van der Waals surface area contributed by atoms with Crippen LogP contribution in [-0.2, 0) is 34.8 Å². The van der Waals surface area contributed by atoms with E-state index >= 15 is 0 Å². The standard InChI is InChI=1S/C10H11F4IO8/c1-3-20-5(16)9(11,12)7(18)22-15-23-8(19)10(13,14)6(17)21-4-2/h15H,3-4H2,1-2H3. The molecule has 8 nitrogen and oxygen atoms in total. The van der Waals surface area contributed by atoms with Gasteiger partial charge in [-0.15, -0.1) is 0 Å². The zero-order valence-corrected chi connectivity index (χ0v) is 13.9. The molecule has 13 heteroatoms. The van der Waals surface area contributed by atoms with Crippen LogP contribution >= 0.6 is 22.0 Å². The summed E-state index contributed by atoms with van der Waals surface area (Å²) in [5, 5.41) is 0. The minimum atomic E-state index is -4.68. The van der Waals surface area contributed by atoms with Crippen molar-refractivity contribution >= 4 is 45.9 Å². The van der Waals surface area contributed by atoms with Crippen LogP contribution in [0.15, 0.2) is 0 Å². The number of hydrogen-bond donors (Lipinski definition) is 0. The molecule has 0 fully saturated rings. The molecule has 0 aromatic carbocycles. The summed E-state index contributed by atoms with van der Waals surface area (Å²) in [6.07, 6.45) is 0. The van der Waals surface area contributed by atoms with Gasteiger partial charge in [-0.1, -0.05) is 0 Å². The van der Waals surface area contributed by atoms with Crippen molar-refractivity contribution in [1.29, 1.82) is 0 Å². The maximum absolute atomic E-state index is 13.1. The van der Waals surface area contributed by atoms with Gasteiger partial charge in [0, 0.05) is 0 Å². The third kappa shape index (κ3) is 5.80. The van der Waals surface area contributed by atoms with E-state index in [2.05, 4.69) is 15.6 Å². The van der Waals surface area contributed by atoms with Gasteiger partial charge in [-0.25, -0.2) is 0 Å². The van der Waals surface area contributed by atoms with Gasteiger partial charge in [0.15, 0.2) is 0 Å². The van der Waals surface area contributed by atoms with Gasteiger partial charge in [-0.3, -0.25) is 0 Å². The number of ether oxygens (including phenoxy) is 2. The van der Waals surface area contributed by atoms with Gasteiger partial charge in [-0.05, 0) is 0 Å². The van der Waals surface area contributed by atoms with Crippen LogP contribution in [0.25, 0.3) is 0 Å². The van der Waals surface area contributed by atoms with E-state index in [1.807, 2.05) is 0 Å². The average molecular weight is 462 g/mol. The van der Waals surface area contributed by atoms with Crippen molar-refractivity contribution in [3.05, 3.63) is 0 Å². The summed E-state index contributed by atoms with van der Waals surface area (Å²) in [5.41, 5.74) is 0. The Morgan fingerprint density at radius 1 is 0.739 bits per heavy atom. The Kier molecular flexibility index (Phi) is 8.19. The number of carbonyl (C=O) groups excluding carboxylic acids is 4. The van der Waals surface area contributed by atoms with Crippen LogP contribution in [0.4, 0.5) is 17.6 Å². The molecule has 23 heavy (non-hydrogen) atoms. The number of halogens is 5. The van der Waals surface area contributed by atoms with Crippen molar-refractivity contribution < 1.29 is 52.3 Å². The molecule has 0 amide bonds. The Balaban J connectivity index is 4.55. The number of rotatable bonds is 8. The van der Waals surface area contributed by atoms with E-state index in [0.717, 1.165) is 0 Å². The molecule has 0 aliphatic heterocycles. The predicted octanol–water partition coefficient (Wildman–Crippen LogP) is 1.00. The van der Waals surface area contributed by atoms with Crippen LogP contribution in [0.1, 0.15) is 13.8 Å². The van der Waals surface area contributed by atoms with Crippen LogP contribution in [0.2, 0.25) is 0 Å². The number of carbonyl (C=O) groups is 4. The molecule has 0 saturated carbocycles. The molecule has 134 valence electrons. The normalized spacial score (nSPS) is 11.6. The van der Waals surface area contributed by atoms with Crippen LogP contribution in [0, 0.1) is 0 Å². The second kappa shape index (κ2) is 8.83. The van der Waals surface area contributed by atoms with Gasteiger partial charge in [0.1, 0.15) is 0 Å². The van der Waals surface area contributed by atoms with Crippen molar-refractivity contribution in [2.24, 2.45) is 0 Å². The molecule has 0 radical (unpaired) electrons. The summed E-state index contributed by atoms with van der Waals surface area (Å²) < 4.78 is 67.8. The Morgan fingerprint density at radius 2 is 1.04 bits per heavy atom. The Labute approximate surface area is 137 Å². The first-order valence-electron chi connectivity index (χ1n) is 5.71. The summed E-state index contributed by atoms with van der Waals surface area (Å²) in [6, 6.07) is 0. The summed E-state index contributed by atoms with van der Waals surface area (Å²) >= 11 is -2.92. The quantitative estimate of drug-likeness (QED) is 0.173. The molecule has 0 rings (SSSR count). The van der Waals surface area contributed by atoms with Crippen LogP contribution < -0.4 is 0 Å². The van der Waals surface area contributed by atoms with Crippen molar-refractivity contribution in [2.45, 2.75) is 25.7 Å². The third-order valence-corrected chi connectivity index (χ3v) is 3.05. The summed E-state index contributed by atoms with van der Waals surface area (Å²) in [4.78, 5) is 43.4. The van der Waals surface area contributed by atoms with Crippen molar-refractivity contribution in [3.8, 4) is 0 Å². The van der Waals surface area contributed by atoms with Crippen LogP contribution in [0.3, 0.4) is 0 Å². The maximum atomic E-state index is 13.1. The predicted molar refractivity (Wildman–Crippen MR) is 70.8 cm³/mol. The van der Waals surface area contributed by atoms with Gasteiger partial charge in [0.05, 0.1) is 0 Å². The fourth-order valence-corrected chi connectivity index (χ4v) is 1.84. The van der Waals surface area contributed by atoms with E-state index in [0.29, 0.717) is 0 Å². The third-order valence-electron chi connectivity index (χ3n) is 1.80. The molecule has 0 aromatic rings. The van der Waals surface area contributed by atoms with Crippen molar-refractivity contribution in [1.82, 2.24) is 0 Å². The second-order valence-corrected chi connectivity index (χ2v) is 4.74. The average Bonchev–Trinajstić information content (AvgIpc) is 2.47. The molecule has 0 aromatic heterocycles. The van der Waals surface area contributed by atoms with Gasteiger partial charge in [0.2, 0.25) is 0 Å².